The van der Waals surface area contributed by atoms with E-state index in [1.807, 2.05) is 0 Å². The van der Waals surface area contributed by atoms with Gasteiger partial charge in [-0.05, 0) is 56.0 Å². The first kappa shape index (κ1) is 22.6. The third-order valence-corrected chi connectivity index (χ3v) is 7.15. The van der Waals surface area contributed by atoms with E-state index in [9.17, 15) is 14.0 Å². The number of carbonyl (C=O) groups is 1. The molecule has 6 rings (SSSR count). The van der Waals surface area contributed by atoms with E-state index in [4.69, 9.17) is 9.51 Å². The van der Waals surface area contributed by atoms with Crippen LogP contribution in [0.3, 0.4) is 0 Å². The predicted molar refractivity (Wildman–Crippen MR) is 131 cm³/mol. The van der Waals surface area contributed by atoms with Crippen LogP contribution in [0.15, 0.2) is 51.8 Å². The summed E-state index contributed by atoms with van der Waals surface area (Å²) in [6.07, 6.45) is 5.48. The largest absolute Gasteiger partial charge is 0.339 e. The summed E-state index contributed by atoms with van der Waals surface area (Å²) < 4.78 is 20.9. The number of aromatic nitrogens is 4. The minimum atomic E-state index is -0.364. The first-order valence-corrected chi connectivity index (χ1v) is 12.5. The summed E-state index contributed by atoms with van der Waals surface area (Å²) in [5.41, 5.74) is 1.61. The van der Waals surface area contributed by atoms with Crippen LogP contribution in [-0.4, -0.2) is 43.6 Å². The molecule has 36 heavy (non-hydrogen) atoms. The third kappa shape index (κ3) is 4.19. The zero-order valence-corrected chi connectivity index (χ0v) is 19.8. The van der Waals surface area contributed by atoms with Crippen molar-refractivity contribution in [1.29, 1.82) is 0 Å². The highest BCUT2D eigenvalue weighted by Crippen LogP contribution is 2.29. The van der Waals surface area contributed by atoms with Crippen LogP contribution in [0.4, 0.5) is 4.39 Å². The van der Waals surface area contributed by atoms with E-state index in [1.54, 1.807) is 39.8 Å². The van der Waals surface area contributed by atoms with E-state index in [0.717, 1.165) is 44.3 Å². The Hall–Kier alpha value is -3.88. The molecule has 1 atom stereocenters. The molecule has 8 nitrogen and oxygen atoms in total. The van der Waals surface area contributed by atoms with Crippen molar-refractivity contribution in [3.05, 3.63) is 75.9 Å². The number of benzene rings is 2. The first-order valence-electron chi connectivity index (χ1n) is 12.5. The summed E-state index contributed by atoms with van der Waals surface area (Å²) >= 11 is 0. The molecule has 0 radical (unpaired) electrons. The molecule has 4 heterocycles. The fraction of sp³-hybridized carbons (Fsp3) is 0.370. The molecular weight excluding hydrogens is 461 g/mol. The van der Waals surface area contributed by atoms with Gasteiger partial charge in [-0.25, -0.2) is 9.37 Å². The van der Waals surface area contributed by atoms with Crippen molar-refractivity contribution in [2.75, 3.05) is 13.1 Å². The van der Waals surface area contributed by atoms with Crippen molar-refractivity contribution in [1.82, 2.24) is 24.6 Å². The molecule has 184 valence electrons. The molecule has 9 heteroatoms. The second kappa shape index (κ2) is 9.29. The van der Waals surface area contributed by atoms with Crippen LogP contribution in [0.5, 0.6) is 0 Å². The van der Waals surface area contributed by atoms with E-state index in [2.05, 4.69) is 10.1 Å². The highest BCUT2D eigenvalue weighted by molar-refractivity contribution is 5.97. The lowest BCUT2D eigenvalue weighted by Crippen LogP contribution is -2.39. The Balaban J connectivity index is 1.24. The van der Waals surface area contributed by atoms with Gasteiger partial charge < -0.3 is 9.42 Å². The number of nitrogens with zero attached hydrogens (tertiary/aromatic N) is 5. The number of carbonyl (C=O) groups excluding carboxylic acids is 1. The number of aryl methyl sites for hydroxylation is 1. The Morgan fingerprint density at radius 3 is 2.83 bits per heavy atom. The number of hydrogen-bond acceptors (Lipinski definition) is 6. The van der Waals surface area contributed by atoms with Crippen molar-refractivity contribution < 1.29 is 13.7 Å². The lowest BCUT2D eigenvalue weighted by Gasteiger charge is -2.31. The first-order chi connectivity index (χ1) is 17.6. The van der Waals surface area contributed by atoms with Crippen LogP contribution in [0.25, 0.3) is 22.3 Å². The average molecular weight is 488 g/mol. The van der Waals surface area contributed by atoms with Gasteiger partial charge in [0, 0.05) is 37.2 Å². The Morgan fingerprint density at radius 2 is 1.94 bits per heavy atom. The molecule has 1 unspecified atom stereocenters. The lowest BCUT2D eigenvalue weighted by atomic mass is 9.97. The van der Waals surface area contributed by atoms with Crippen molar-refractivity contribution in [3.63, 3.8) is 0 Å². The van der Waals surface area contributed by atoms with Crippen LogP contribution in [0, 0.1) is 5.82 Å². The molecule has 0 N–H and O–H groups in total. The Morgan fingerprint density at radius 1 is 1.03 bits per heavy atom. The zero-order chi connectivity index (χ0) is 24.6. The predicted octanol–water partition coefficient (Wildman–Crippen LogP) is 4.33. The quantitative estimate of drug-likeness (QED) is 0.427. The molecule has 4 aromatic rings. The molecule has 2 aromatic carbocycles. The van der Waals surface area contributed by atoms with Crippen molar-refractivity contribution in [2.45, 2.75) is 51.0 Å². The van der Waals surface area contributed by atoms with E-state index in [1.165, 1.54) is 12.1 Å². The van der Waals surface area contributed by atoms with Gasteiger partial charge >= 0.3 is 0 Å². The van der Waals surface area contributed by atoms with Crippen LogP contribution in [0.2, 0.25) is 0 Å². The van der Waals surface area contributed by atoms with Crippen LogP contribution >= 0.6 is 0 Å². The maximum Gasteiger partial charge on any atom is 0.261 e. The molecule has 2 aromatic heterocycles. The summed E-state index contributed by atoms with van der Waals surface area (Å²) in [5.74, 6) is 1.01. The minimum absolute atomic E-state index is 0.0283. The van der Waals surface area contributed by atoms with E-state index in [-0.39, 0.29) is 23.2 Å². The second-order valence-corrected chi connectivity index (χ2v) is 9.58. The highest BCUT2D eigenvalue weighted by atomic mass is 19.1. The summed E-state index contributed by atoms with van der Waals surface area (Å²) in [6.45, 7) is 1.77. The van der Waals surface area contributed by atoms with Gasteiger partial charge in [0.1, 0.15) is 11.6 Å². The number of hydrogen-bond donors (Lipinski definition) is 0. The van der Waals surface area contributed by atoms with E-state index in [0.29, 0.717) is 53.4 Å². The summed E-state index contributed by atoms with van der Waals surface area (Å²) in [4.78, 5) is 37.5. The van der Waals surface area contributed by atoms with E-state index < -0.39 is 0 Å². The normalized spacial score (nSPS) is 18.1. The van der Waals surface area contributed by atoms with Gasteiger partial charge in [0.25, 0.3) is 11.5 Å². The van der Waals surface area contributed by atoms with E-state index >= 15 is 0 Å². The fourth-order valence-electron chi connectivity index (χ4n) is 5.24. The second-order valence-electron chi connectivity index (χ2n) is 9.58. The van der Waals surface area contributed by atoms with Crippen LogP contribution in [0.1, 0.15) is 60.1 Å². The molecule has 2 aliphatic rings. The van der Waals surface area contributed by atoms with Crippen molar-refractivity contribution in [3.8, 4) is 11.4 Å². The molecular formula is C27H26FN5O3. The Labute approximate surface area is 206 Å². The summed E-state index contributed by atoms with van der Waals surface area (Å²) in [6, 6.07) is 11.2. The van der Waals surface area contributed by atoms with Gasteiger partial charge in [0.15, 0.2) is 0 Å². The Bertz CT molecular complexity index is 1510. The number of rotatable bonds is 3. The third-order valence-electron chi connectivity index (χ3n) is 7.15. The average Bonchev–Trinajstić information content (AvgIpc) is 3.28. The molecule has 0 aliphatic carbocycles. The molecule has 2 aliphatic heterocycles. The smallest absolute Gasteiger partial charge is 0.261 e. The van der Waals surface area contributed by atoms with Gasteiger partial charge in [-0.15, -0.1) is 0 Å². The van der Waals surface area contributed by atoms with Crippen molar-refractivity contribution >= 4 is 16.8 Å². The highest BCUT2D eigenvalue weighted by Gasteiger charge is 2.29. The lowest BCUT2D eigenvalue weighted by molar-refractivity contribution is 0.0696. The van der Waals surface area contributed by atoms with Gasteiger partial charge in [0.2, 0.25) is 11.7 Å². The number of halogens is 1. The monoisotopic (exact) mass is 487 g/mol. The standard InChI is InChI=1S/C27H26FN5O3/c28-20-8-4-6-17(14-20)24-30-25(36-31-24)19-7-5-12-32(16-19)26(34)18-10-11-21-22(15-18)29-23-9-2-1-3-13-33(23)27(21)35/h4,6,8,10-11,14-15,19H,1-3,5,7,9,12-13,16H2. The maximum atomic E-state index is 13.6. The maximum absolute atomic E-state index is 13.6. The van der Waals surface area contributed by atoms with Gasteiger partial charge in [-0.1, -0.05) is 23.7 Å². The minimum Gasteiger partial charge on any atom is -0.339 e. The molecule has 1 amide bonds. The molecule has 0 spiro atoms. The molecule has 0 saturated carbocycles. The number of likely N-dealkylation sites (tertiary alicyclic amines) is 1. The number of piperidine rings is 1. The fourth-order valence-corrected chi connectivity index (χ4v) is 5.24. The number of amides is 1. The van der Waals surface area contributed by atoms with Gasteiger partial charge in [-0.2, -0.15) is 4.98 Å². The topological polar surface area (TPSA) is 94.1 Å². The molecule has 1 saturated heterocycles. The SMILES string of the molecule is O=C(c1ccc2c(=O)n3c(nc2c1)CCCCC3)N1CCCC(c2nc(-c3cccc(F)c3)no2)C1. The van der Waals surface area contributed by atoms with Gasteiger partial charge in [0.05, 0.1) is 16.8 Å². The van der Waals surface area contributed by atoms with Crippen molar-refractivity contribution in [2.24, 2.45) is 0 Å². The Kier molecular flexibility index (Phi) is 5.83. The van der Waals surface area contributed by atoms with Crippen LogP contribution < -0.4 is 5.56 Å². The summed E-state index contributed by atoms with van der Waals surface area (Å²) in [5, 5.41) is 4.56. The molecule has 1 fully saturated rings. The number of fused-ring (bicyclic) bond motifs is 2. The van der Waals surface area contributed by atoms with Crippen LogP contribution in [-0.2, 0) is 13.0 Å². The molecule has 0 bridgehead atoms. The summed E-state index contributed by atoms with van der Waals surface area (Å²) in [7, 11) is 0. The van der Waals surface area contributed by atoms with Gasteiger partial charge in [-0.3, -0.25) is 14.2 Å². The zero-order valence-electron chi connectivity index (χ0n) is 19.8.